The van der Waals surface area contributed by atoms with E-state index in [9.17, 15) is 9.59 Å². The van der Waals surface area contributed by atoms with E-state index in [-0.39, 0.29) is 11.8 Å². The van der Waals surface area contributed by atoms with Gasteiger partial charge in [-0.3, -0.25) is 9.59 Å². The monoisotopic (exact) mass is 347 g/mol. The maximum atomic E-state index is 12.5. The number of amides is 2. The lowest BCUT2D eigenvalue weighted by atomic mass is 10.0. The van der Waals surface area contributed by atoms with Crippen molar-refractivity contribution in [2.24, 2.45) is 0 Å². The molecule has 0 fully saturated rings. The summed E-state index contributed by atoms with van der Waals surface area (Å²) in [4.78, 5) is 29.8. The van der Waals surface area contributed by atoms with Crippen LogP contribution in [0.5, 0.6) is 0 Å². The number of fused-ring (bicyclic) bond motifs is 1. The zero-order valence-electron chi connectivity index (χ0n) is 14.2. The van der Waals surface area contributed by atoms with E-state index in [0.717, 1.165) is 22.5 Å². The summed E-state index contributed by atoms with van der Waals surface area (Å²) >= 11 is 0. The molecule has 1 aliphatic heterocycles. The number of carbonyl (C=O) groups is 2. The molecule has 26 heavy (non-hydrogen) atoms. The van der Waals surface area contributed by atoms with Crippen LogP contribution in [0.25, 0.3) is 11.3 Å². The molecule has 4 rings (SSSR count). The van der Waals surface area contributed by atoms with E-state index in [2.05, 4.69) is 10.3 Å². The summed E-state index contributed by atoms with van der Waals surface area (Å²) < 4.78 is 5.25. The smallest absolute Gasteiger partial charge is 0.255 e. The molecular formula is C20H17N3O3. The lowest BCUT2D eigenvalue weighted by molar-refractivity contribution is -0.118. The van der Waals surface area contributed by atoms with Crippen LogP contribution < -0.4 is 10.2 Å². The summed E-state index contributed by atoms with van der Waals surface area (Å²) in [6.07, 6.45) is 4.18. The number of oxazole rings is 1. The number of carbonyl (C=O) groups excluding carboxylic acids is 2. The summed E-state index contributed by atoms with van der Waals surface area (Å²) in [5.74, 6) is 0.584. The van der Waals surface area contributed by atoms with Crippen molar-refractivity contribution in [1.82, 2.24) is 4.98 Å². The van der Waals surface area contributed by atoms with Gasteiger partial charge in [0, 0.05) is 36.0 Å². The third-order valence-corrected chi connectivity index (χ3v) is 4.54. The molecule has 3 aromatic rings. The van der Waals surface area contributed by atoms with E-state index in [1.54, 1.807) is 30.3 Å². The van der Waals surface area contributed by atoms with Crippen molar-refractivity contribution < 1.29 is 14.0 Å². The van der Waals surface area contributed by atoms with Gasteiger partial charge in [0.2, 0.25) is 5.91 Å². The molecule has 6 nitrogen and oxygen atoms in total. The van der Waals surface area contributed by atoms with Gasteiger partial charge in [-0.2, -0.15) is 0 Å². The van der Waals surface area contributed by atoms with Crippen molar-refractivity contribution in [3.63, 3.8) is 0 Å². The first-order chi connectivity index (χ1) is 12.6. The summed E-state index contributed by atoms with van der Waals surface area (Å²) in [5, 5.41) is 2.91. The number of hydrogen-bond acceptors (Lipinski definition) is 4. The quantitative estimate of drug-likeness (QED) is 0.787. The Morgan fingerprint density at radius 2 is 1.96 bits per heavy atom. The van der Waals surface area contributed by atoms with Crippen LogP contribution in [0.1, 0.15) is 22.3 Å². The zero-order chi connectivity index (χ0) is 18.1. The molecule has 2 aromatic carbocycles. The second kappa shape index (κ2) is 6.48. The second-order valence-corrected chi connectivity index (χ2v) is 6.19. The third-order valence-electron chi connectivity index (χ3n) is 4.54. The number of benzene rings is 2. The molecule has 1 N–H and O–H groups in total. The molecule has 0 spiro atoms. The van der Waals surface area contributed by atoms with Gasteiger partial charge in [-0.15, -0.1) is 0 Å². The zero-order valence-corrected chi connectivity index (χ0v) is 14.2. The molecule has 1 aromatic heterocycles. The third kappa shape index (κ3) is 2.97. The lowest BCUT2D eigenvalue weighted by Crippen LogP contribution is -2.31. The number of nitrogens with zero attached hydrogens (tertiary/aromatic N) is 2. The first-order valence-electron chi connectivity index (χ1n) is 8.31. The standard InChI is InChI=1S/C20H17N3O3/c1-23-17-8-7-16(10-15(17)6-9-19(23)24)22-20(25)14-4-2-13(3-5-14)18-11-21-12-26-18/h2-5,7-8,10-12H,6,9H2,1H3,(H,22,25). The first-order valence-corrected chi connectivity index (χ1v) is 8.31. The second-order valence-electron chi connectivity index (χ2n) is 6.19. The van der Waals surface area contributed by atoms with Crippen LogP contribution in [-0.4, -0.2) is 23.8 Å². The maximum Gasteiger partial charge on any atom is 0.255 e. The van der Waals surface area contributed by atoms with Crippen LogP contribution in [0.2, 0.25) is 0 Å². The Labute approximate surface area is 150 Å². The van der Waals surface area contributed by atoms with E-state index in [4.69, 9.17) is 4.42 Å². The molecule has 2 heterocycles. The average Bonchev–Trinajstić information content (AvgIpc) is 3.20. The number of nitrogens with one attached hydrogen (secondary N) is 1. The summed E-state index contributed by atoms with van der Waals surface area (Å²) in [5.41, 5.74) is 4.09. The number of aromatic nitrogens is 1. The van der Waals surface area contributed by atoms with Crippen molar-refractivity contribution in [1.29, 1.82) is 0 Å². The van der Waals surface area contributed by atoms with E-state index >= 15 is 0 Å². The maximum absolute atomic E-state index is 12.5. The Kier molecular flexibility index (Phi) is 4.01. The Hall–Kier alpha value is -3.41. The highest BCUT2D eigenvalue weighted by atomic mass is 16.3. The SMILES string of the molecule is CN1C(=O)CCc2cc(NC(=O)c3ccc(-c4cnco4)cc3)ccc21. The minimum absolute atomic E-state index is 0.112. The highest BCUT2D eigenvalue weighted by Crippen LogP contribution is 2.29. The first kappa shape index (κ1) is 16.1. The van der Waals surface area contributed by atoms with Crippen LogP contribution in [0.3, 0.4) is 0 Å². The Balaban J connectivity index is 1.51. The normalized spacial score (nSPS) is 13.4. The van der Waals surface area contributed by atoms with Gasteiger partial charge in [-0.25, -0.2) is 4.98 Å². The van der Waals surface area contributed by atoms with Crippen molar-refractivity contribution >= 4 is 23.2 Å². The van der Waals surface area contributed by atoms with Gasteiger partial charge in [0.25, 0.3) is 5.91 Å². The summed E-state index contributed by atoms with van der Waals surface area (Å²) in [7, 11) is 1.77. The van der Waals surface area contributed by atoms with Crippen molar-refractivity contribution in [2.45, 2.75) is 12.8 Å². The van der Waals surface area contributed by atoms with E-state index < -0.39 is 0 Å². The van der Waals surface area contributed by atoms with Gasteiger partial charge in [-0.05, 0) is 42.3 Å². The highest BCUT2D eigenvalue weighted by molar-refractivity contribution is 6.05. The van der Waals surface area contributed by atoms with Crippen LogP contribution in [0.15, 0.2) is 59.5 Å². The molecule has 0 radical (unpaired) electrons. The molecule has 2 amide bonds. The minimum Gasteiger partial charge on any atom is -0.444 e. The molecular weight excluding hydrogens is 330 g/mol. The largest absolute Gasteiger partial charge is 0.444 e. The van der Waals surface area contributed by atoms with Gasteiger partial charge in [0.15, 0.2) is 12.2 Å². The van der Waals surface area contributed by atoms with E-state index in [1.807, 2.05) is 30.3 Å². The number of rotatable bonds is 3. The Morgan fingerprint density at radius 3 is 2.69 bits per heavy atom. The topological polar surface area (TPSA) is 75.4 Å². The lowest BCUT2D eigenvalue weighted by Gasteiger charge is -2.26. The molecule has 1 aliphatic rings. The van der Waals surface area contributed by atoms with Crippen molar-refractivity contribution in [3.05, 3.63) is 66.2 Å². The average molecular weight is 347 g/mol. The Morgan fingerprint density at radius 1 is 1.15 bits per heavy atom. The fourth-order valence-electron chi connectivity index (χ4n) is 3.08. The van der Waals surface area contributed by atoms with Crippen LogP contribution in [0.4, 0.5) is 11.4 Å². The predicted octanol–water partition coefficient (Wildman–Crippen LogP) is 3.50. The number of anilines is 2. The molecule has 130 valence electrons. The number of aryl methyl sites for hydroxylation is 1. The van der Waals surface area contributed by atoms with Gasteiger partial charge in [0.1, 0.15) is 0 Å². The van der Waals surface area contributed by atoms with Crippen LogP contribution >= 0.6 is 0 Å². The summed E-state index contributed by atoms with van der Waals surface area (Å²) in [6, 6.07) is 12.8. The van der Waals surface area contributed by atoms with Gasteiger partial charge in [-0.1, -0.05) is 12.1 Å². The van der Waals surface area contributed by atoms with Gasteiger partial charge in [0.05, 0.1) is 6.20 Å². The fourth-order valence-corrected chi connectivity index (χ4v) is 3.08. The number of hydrogen-bond donors (Lipinski definition) is 1. The van der Waals surface area contributed by atoms with Gasteiger partial charge < -0.3 is 14.6 Å². The molecule has 0 saturated heterocycles. The minimum atomic E-state index is -0.186. The van der Waals surface area contributed by atoms with Crippen LogP contribution in [-0.2, 0) is 11.2 Å². The highest BCUT2D eigenvalue weighted by Gasteiger charge is 2.21. The van der Waals surface area contributed by atoms with E-state index in [1.165, 1.54) is 6.39 Å². The van der Waals surface area contributed by atoms with Crippen molar-refractivity contribution in [3.8, 4) is 11.3 Å². The van der Waals surface area contributed by atoms with Crippen molar-refractivity contribution in [2.75, 3.05) is 17.3 Å². The van der Waals surface area contributed by atoms with E-state index in [0.29, 0.717) is 24.2 Å². The molecule has 0 atom stereocenters. The van der Waals surface area contributed by atoms with Crippen LogP contribution in [0, 0.1) is 0 Å². The molecule has 0 unspecified atom stereocenters. The summed E-state index contributed by atoms with van der Waals surface area (Å²) in [6.45, 7) is 0. The molecule has 0 aliphatic carbocycles. The molecule has 0 bridgehead atoms. The molecule has 0 saturated carbocycles. The van der Waals surface area contributed by atoms with Gasteiger partial charge >= 0.3 is 0 Å². The predicted molar refractivity (Wildman–Crippen MR) is 98.1 cm³/mol. The fraction of sp³-hybridized carbons (Fsp3) is 0.150. The molecule has 6 heteroatoms. The Bertz CT molecular complexity index is 962.